The number of rotatable bonds is 3. The molecule has 0 radical (unpaired) electrons. The minimum absolute atomic E-state index is 0.649. The molecule has 3 heterocycles. The van der Waals surface area contributed by atoms with Gasteiger partial charge in [-0.15, -0.1) is 0 Å². The van der Waals surface area contributed by atoms with Crippen molar-refractivity contribution in [2.75, 3.05) is 26.2 Å². The maximum Gasteiger partial charge on any atom is 0.00245 e. The van der Waals surface area contributed by atoms with Gasteiger partial charge in [0.15, 0.2) is 0 Å². The van der Waals surface area contributed by atoms with Crippen molar-refractivity contribution in [3.05, 3.63) is 0 Å². The van der Waals surface area contributed by atoms with Crippen LogP contribution in [0.15, 0.2) is 0 Å². The van der Waals surface area contributed by atoms with Crippen LogP contribution in [0.3, 0.4) is 0 Å². The van der Waals surface area contributed by atoms with Crippen molar-refractivity contribution in [2.24, 2.45) is 11.8 Å². The quantitative estimate of drug-likeness (QED) is 0.708. The van der Waals surface area contributed by atoms with E-state index in [0.29, 0.717) is 6.04 Å². The summed E-state index contributed by atoms with van der Waals surface area (Å²) in [5, 5.41) is 3.57. The van der Waals surface area contributed by atoms with E-state index in [1.807, 2.05) is 0 Å². The van der Waals surface area contributed by atoms with Gasteiger partial charge in [0.1, 0.15) is 0 Å². The van der Waals surface area contributed by atoms with Gasteiger partial charge in [0.05, 0.1) is 0 Å². The summed E-state index contributed by atoms with van der Waals surface area (Å²) in [6, 6.07) is 0.649. The van der Waals surface area contributed by atoms with E-state index in [9.17, 15) is 0 Å². The molecule has 76 valence electrons. The van der Waals surface area contributed by atoms with Crippen molar-refractivity contribution in [2.45, 2.75) is 32.7 Å². The fraction of sp³-hybridized carbons (Fsp3) is 1.00. The molecule has 1 atom stereocenters. The van der Waals surface area contributed by atoms with Gasteiger partial charge in [-0.05, 0) is 44.3 Å². The molecule has 0 saturated carbocycles. The van der Waals surface area contributed by atoms with Gasteiger partial charge in [-0.25, -0.2) is 0 Å². The summed E-state index contributed by atoms with van der Waals surface area (Å²) in [6.07, 6.45) is 2.90. The van der Waals surface area contributed by atoms with E-state index in [4.69, 9.17) is 0 Å². The molecular weight excluding hydrogens is 160 g/mol. The second-order valence-electron chi connectivity index (χ2n) is 4.96. The molecule has 0 aromatic heterocycles. The Balaban J connectivity index is 1.80. The van der Waals surface area contributed by atoms with Crippen molar-refractivity contribution >= 4 is 0 Å². The molecular formula is C11H22N2. The van der Waals surface area contributed by atoms with E-state index in [2.05, 4.69) is 24.1 Å². The first-order valence-electron chi connectivity index (χ1n) is 5.71. The van der Waals surface area contributed by atoms with Gasteiger partial charge in [0.25, 0.3) is 0 Å². The molecule has 3 fully saturated rings. The lowest BCUT2D eigenvalue weighted by Gasteiger charge is -2.45. The minimum Gasteiger partial charge on any atom is -0.314 e. The van der Waals surface area contributed by atoms with E-state index in [1.165, 1.54) is 39.0 Å². The van der Waals surface area contributed by atoms with E-state index in [-0.39, 0.29) is 0 Å². The highest BCUT2D eigenvalue weighted by Crippen LogP contribution is 2.31. The fourth-order valence-corrected chi connectivity index (χ4v) is 2.71. The van der Waals surface area contributed by atoms with Gasteiger partial charge in [-0.2, -0.15) is 0 Å². The number of piperidine rings is 3. The zero-order valence-corrected chi connectivity index (χ0v) is 8.92. The third kappa shape index (κ3) is 2.23. The van der Waals surface area contributed by atoms with E-state index >= 15 is 0 Å². The maximum absolute atomic E-state index is 3.57. The number of nitrogens with zero attached hydrogens (tertiary/aromatic N) is 1. The number of fused-ring (bicyclic) bond motifs is 3. The van der Waals surface area contributed by atoms with Crippen LogP contribution in [-0.4, -0.2) is 37.1 Å². The SMILES string of the molecule is CC(C)NCC1CN2CCC1CC2. The molecule has 1 N–H and O–H groups in total. The Morgan fingerprint density at radius 2 is 2.00 bits per heavy atom. The summed E-state index contributed by atoms with van der Waals surface area (Å²) in [4.78, 5) is 2.63. The standard InChI is InChI=1S/C11H22N2/c1-9(2)12-7-11-8-13-5-3-10(11)4-6-13/h9-12H,3-8H2,1-2H3. The van der Waals surface area contributed by atoms with Crippen molar-refractivity contribution in [1.29, 1.82) is 0 Å². The lowest BCUT2D eigenvalue weighted by molar-refractivity contribution is 0.0502. The molecule has 2 bridgehead atoms. The highest BCUT2D eigenvalue weighted by Gasteiger charge is 2.33. The highest BCUT2D eigenvalue weighted by atomic mass is 15.2. The normalized spacial score (nSPS) is 38.5. The topological polar surface area (TPSA) is 15.3 Å². The van der Waals surface area contributed by atoms with Crippen LogP contribution in [0.4, 0.5) is 0 Å². The van der Waals surface area contributed by atoms with Crippen molar-refractivity contribution in [1.82, 2.24) is 10.2 Å². The zero-order chi connectivity index (χ0) is 9.26. The van der Waals surface area contributed by atoms with Crippen molar-refractivity contribution in [3.8, 4) is 0 Å². The molecule has 13 heavy (non-hydrogen) atoms. The second-order valence-corrected chi connectivity index (χ2v) is 4.96. The Labute approximate surface area is 81.7 Å². The molecule has 3 saturated heterocycles. The minimum atomic E-state index is 0.649. The second kappa shape index (κ2) is 3.97. The molecule has 0 aliphatic carbocycles. The van der Waals surface area contributed by atoms with Crippen molar-refractivity contribution in [3.63, 3.8) is 0 Å². The summed E-state index contributed by atoms with van der Waals surface area (Å²) in [7, 11) is 0. The van der Waals surface area contributed by atoms with E-state index in [1.54, 1.807) is 0 Å². The summed E-state index contributed by atoms with van der Waals surface area (Å²) in [5.74, 6) is 1.96. The van der Waals surface area contributed by atoms with Crippen LogP contribution in [-0.2, 0) is 0 Å². The molecule has 0 amide bonds. The van der Waals surface area contributed by atoms with Gasteiger partial charge in [-0.3, -0.25) is 0 Å². The summed E-state index contributed by atoms with van der Waals surface area (Å²) < 4.78 is 0. The van der Waals surface area contributed by atoms with Crippen LogP contribution < -0.4 is 5.32 Å². The molecule has 3 aliphatic heterocycles. The Kier molecular flexibility index (Phi) is 2.89. The summed E-state index contributed by atoms with van der Waals surface area (Å²) in [5.41, 5.74) is 0. The number of hydrogen-bond donors (Lipinski definition) is 1. The van der Waals surface area contributed by atoms with Gasteiger partial charge in [0, 0.05) is 12.6 Å². The van der Waals surface area contributed by atoms with Crippen LogP contribution in [0.25, 0.3) is 0 Å². The predicted molar refractivity (Wildman–Crippen MR) is 55.8 cm³/mol. The van der Waals surface area contributed by atoms with E-state index in [0.717, 1.165) is 11.8 Å². The Morgan fingerprint density at radius 1 is 1.31 bits per heavy atom. The van der Waals surface area contributed by atoms with Gasteiger partial charge >= 0.3 is 0 Å². The monoisotopic (exact) mass is 182 g/mol. The van der Waals surface area contributed by atoms with Crippen molar-refractivity contribution < 1.29 is 0 Å². The zero-order valence-electron chi connectivity index (χ0n) is 8.92. The largest absolute Gasteiger partial charge is 0.314 e. The lowest BCUT2D eigenvalue weighted by atomic mass is 9.79. The van der Waals surface area contributed by atoms with Gasteiger partial charge in [0.2, 0.25) is 0 Å². The number of hydrogen-bond acceptors (Lipinski definition) is 2. The first-order valence-corrected chi connectivity index (χ1v) is 5.71. The Morgan fingerprint density at radius 3 is 2.46 bits per heavy atom. The summed E-state index contributed by atoms with van der Waals surface area (Å²) >= 11 is 0. The maximum atomic E-state index is 3.57. The van der Waals surface area contributed by atoms with Crippen LogP contribution in [0.5, 0.6) is 0 Å². The van der Waals surface area contributed by atoms with Gasteiger partial charge < -0.3 is 10.2 Å². The average molecular weight is 182 g/mol. The molecule has 1 unspecified atom stereocenters. The first kappa shape index (κ1) is 9.47. The Hall–Kier alpha value is -0.0800. The third-order valence-electron chi connectivity index (χ3n) is 3.58. The first-order chi connectivity index (χ1) is 6.25. The molecule has 0 spiro atoms. The highest BCUT2D eigenvalue weighted by molar-refractivity contribution is 4.87. The molecule has 0 aromatic carbocycles. The lowest BCUT2D eigenvalue weighted by Crippen LogP contribution is -2.50. The smallest absolute Gasteiger partial charge is 0.00245 e. The van der Waals surface area contributed by atoms with E-state index < -0.39 is 0 Å². The summed E-state index contributed by atoms with van der Waals surface area (Å²) in [6.45, 7) is 9.79. The molecule has 3 aliphatic rings. The van der Waals surface area contributed by atoms with Crippen LogP contribution >= 0.6 is 0 Å². The van der Waals surface area contributed by atoms with Crippen LogP contribution in [0.1, 0.15) is 26.7 Å². The predicted octanol–water partition coefficient (Wildman–Crippen LogP) is 1.33. The van der Waals surface area contributed by atoms with Gasteiger partial charge in [-0.1, -0.05) is 13.8 Å². The molecule has 3 rings (SSSR count). The molecule has 0 aromatic rings. The molecule has 2 heteroatoms. The Bertz CT molecular complexity index is 159. The third-order valence-corrected chi connectivity index (χ3v) is 3.58. The fourth-order valence-electron chi connectivity index (χ4n) is 2.71. The molecule has 2 nitrogen and oxygen atoms in total. The van der Waals surface area contributed by atoms with Crippen LogP contribution in [0.2, 0.25) is 0 Å². The average Bonchev–Trinajstić information content (AvgIpc) is 2.17. The number of nitrogens with one attached hydrogen (secondary N) is 1. The van der Waals surface area contributed by atoms with Crippen LogP contribution in [0, 0.1) is 11.8 Å².